The zero-order valence-corrected chi connectivity index (χ0v) is 13.2. The summed E-state index contributed by atoms with van der Waals surface area (Å²) < 4.78 is 27.0. The highest BCUT2D eigenvalue weighted by Gasteiger charge is 2.22. The van der Waals surface area contributed by atoms with Crippen LogP contribution in [0.25, 0.3) is 0 Å². The Morgan fingerprint density at radius 1 is 1.48 bits per heavy atom. The molecule has 21 heavy (non-hydrogen) atoms. The van der Waals surface area contributed by atoms with Crippen LogP contribution in [-0.4, -0.2) is 37.9 Å². The molecule has 0 aliphatic carbocycles. The Morgan fingerprint density at radius 2 is 2.24 bits per heavy atom. The van der Waals surface area contributed by atoms with Gasteiger partial charge in [-0.3, -0.25) is 10.1 Å². The molecule has 0 spiro atoms. The third-order valence-electron chi connectivity index (χ3n) is 3.27. The third kappa shape index (κ3) is 3.86. The molecule has 1 aromatic rings. The van der Waals surface area contributed by atoms with Gasteiger partial charge in [0.15, 0.2) is 0 Å². The van der Waals surface area contributed by atoms with Crippen LogP contribution in [-0.2, 0) is 10.0 Å². The van der Waals surface area contributed by atoms with Crippen molar-refractivity contribution >= 4 is 33.2 Å². The van der Waals surface area contributed by atoms with Gasteiger partial charge in [-0.25, -0.2) is 13.1 Å². The first-order valence-corrected chi connectivity index (χ1v) is 9.04. The Hall–Kier alpha value is -1.32. The lowest BCUT2D eigenvalue weighted by Crippen LogP contribution is -2.29. The fraction of sp³-hybridized carbons (Fsp3) is 0.500. The molecule has 7 nitrogen and oxygen atoms in total. The summed E-state index contributed by atoms with van der Waals surface area (Å²) in [6.07, 6.45) is 2.12. The molecule has 0 bridgehead atoms. The van der Waals surface area contributed by atoms with Crippen LogP contribution in [0.5, 0.6) is 0 Å². The number of thioether (sulfide) groups is 1. The molecule has 1 fully saturated rings. The molecule has 1 atom stereocenters. The number of hydrogen-bond donors (Lipinski definition) is 2. The normalized spacial score (nSPS) is 18.6. The Bertz CT molecular complexity index is 627. The van der Waals surface area contributed by atoms with E-state index < -0.39 is 14.9 Å². The van der Waals surface area contributed by atoms with Gasteiger partial charge in [-0.1, -0.05) is 0 Å². The van der Waals surface area contributed by atoms with Gasteiger partial charge in [0.25, 0.3) is 5.69 Å². The van der Waals surface area contributed by atoms with E-state index in [0.717, 1.165) is 18.6 Å². The predicted octanol–water partition coefficient (Wildman–Crippen LogP) is 1.81. The number of nitro benzene ring substituents is 1. The van der Waals surface area contributed by atoms with Gasteiger partial charge in [-0.2, -0.15) is 11.8 Å². The van der Waals surface area contributed by atoms with E-state index in [-0.39, 0.29) is 16.3 Å². The van der Waals surface area contributed by atoms with Crippen LogP contribution >= 0.6 is 11.8 Å². The number of nitrogens with zero attached hydrogens (tertiary/aromatic N) is 1. The van der Waals surface area contributed by atoms with Crippen LogP contribution in [0, 0.1) is 10.1 Å². The van der Waals surface area contributed by atoms with Gasteiger partial charge in [0.2, 0.25) is 10.0 Å². The first-order valence-electron chi connectivity index (χ1n) is 6.51. The lowest BCUT2D eigenvalue weighted by Gasteiger charge is -2.11. The summed E-state index contributed by atoms with van der Waals surface area (Å²) >= 11 is 1.76. The van der Waals surface area contributed by atoms with Crippen molar-refractivity contribution in [1.82, 2.24) is 4.72 Å². The van der Waals surface area contributed by atoms with Crippen molar-refractivity contribution in [3.63, 3.8) is 0 Å². The fourth-order valence-corrected chi connectivity index (χ4v) is 4.55. The summed E-state index contributed by atoms with van der Waals surface area (Å²) in [7, 11) is -2.13. The molecule has 1 aliphatic rings. The Kier molecular flexibility index (Phi) is 5.07. The van der Waals surface area contributed by atoms with E-state index in [4.69, 9.17) is 0 Å². The van der Waals surface area contributed by atoms with E-state index in [0.29, 0.717) is 11.8 Å². The van der Waals surface area contributed by atoms with Crippen molar-refractivity contribution in [3.8, 4) is 0 Å². The van der Waals surface area contributed by atoms with Crippen LogP contribution < -0.4 is 10.0 Å². The molecule has 0 amide bonds. The summed E-state index contributed by atoms with van der Waals surface area (Å²) in [4.78, 5) is 10.3. The van der Waals surface area contributed by atoms with Gasteiger partial charge in [0.1, 0.15) is 5.69 Å². The molecule has 1 aromatic carbocycles. The minimum absolute atomic E-state index is 0.0282. The number of benzene rings is 1. The zero-order chi connectivity index (χ0) is 15.5. The molecule has 1 saturated heterocycles. The summed E-state index contributed by atoms with van der Waals surface area (Å²) in [6.45, 7) is 0.388. The summed E-state index contributed by atoms with van der Waals surface area (Å²) in [5.41, 5.74) is 0.0286. The van der Waals surface area contributed by atoms with Gasteiger partial charge in [0.05, 0.1) is 9.82 Å². The van der Waals surface area contributed by atoms with Gasteiger partial charge in [-0.15, -0.1) is 0 Å². The van der Waals surface area contributed by atoms with Gasteiger partial charge >= 0.3 is 0 Å². The fourth-order valence-electron chi connectivity index (χ4n) is 2.13. The minimum atomic E-state index is -3.65. The average Bonchev–Trinajstić information content (AvgIpc) is 2.97. The standard InChI is InChI=1S/C12H17N3O4S2/c1-13-11-7-10(4-5-12(11)15(16)17)21(18,19)14-8-9-3-2-6-20-9/h4-5,7,9,13-14H,2-3,6,8H2,1H3. The monoisotopic (exact) mass is 331 g/mol. The Morgan fingerprint density at radius 3 is 2.81 bits per heavy atom. The second kappa shape index (κ2) is 6.63. The minimum Gasteiger partial charge on any atom is -0.383 e. The highest BCUT2D eigenvalue weighted by Crippen LogP contribution is 2.28. The van der Waals surface area contributed by atoms with Crippen LogP contribution in [0.4, 0.5) is 11.4 Å². The van der Waals surface area contributed by atoms with Crippen LogP contribution in [0.3, 0.4) is 0 Å². The summed E-state index contributed by atoms with van der Waals surface area (Å²) in [5, 5.41) is 13.8. The summed E-state index contributed by atoms with van der Waals surface area (Å²) in [5.74, 6) is 1.06. The van der Waals surface area contributed by atoms with E-state index in [9.17, 15) is 18.5 Å². The van der Waals surface area contributed by atoms with Crippen molar-refractivity contribution in [1.29, 1.82) is 0 Å². The van der Waals surface area contributed by atoms with Crippen molar-refractivity contribution in [2.45, 2.75) is 23.0 Å². The molecule has 2 N–H and O–H groups in total. The highest BCUT2D eigenvalue weighted by atomic mass is 32.2. The zero-order valence-electron chi connectivity index (χ0n) is 11.5. The van der Waals surface area contributed by atoms with Crippen LogP contribution in [0.2, 0.25) is 0 Å². The molecule has 1 aliphatic heterocycles. The van der Waals surface area contributed by atoms with Crippen molar-refractivity contribution < 1.29 is 13.3 Å². The average molecular weight is 331 g/mol. The Balaban J connectivity index is 2.17. The number of anilines is 1. The van der Waals surface area contributed by atoms with Crippen molar-refractivity contribution in [3.05, 3.63) is 28.3 Å². The maximum Gasteiger partial charge on any atom is 0.292 e. The topological polar surface area (TPSA) is 101 Å². The van der Waals surface area contributed by atoms with Gasteiger partial charge < -0.3 is 5.32 Å². The second-order valence-corrected chi connectivity index (χ2v) is 7.85. The molecular weight excluding hydrogens is 314 g/mol. The molecule has 1 unspecified atom stereocenters. The largest absolute Gasteiger partial charge is 0.383 e. The van der Waals surface area contributed by atoms with E-state index in [1.807, 2.05) is 0 Å². The number of hydrogen-bond acceptors (Lipinski definition) is 6. The molecule has 2 rings (SSSR count). The third-order valence-corrected chi connectivity index (χ3v) is 6.09. The number of rotatable bonds is 6. The quantitative estimate of drug-likeness (QED) is 0.609. The van der Waals surface area contributed by atoms with E-state index in [1.54, 1.807) is 11.8 Å². The molecule has 0 saturated carbocycles. The first kappa shape index (κ1) is 16.1. The molecule has 0 aromatic heterocycles. The number of nitro groups is 1. The van der Waals surface area contributed by atoms with Crippen molar-refractivity contribution in [2.24, 2.45) is 0 Å². The molecule has 0 radical (unpaired) electrons. The first-order chi connectivity index (χ1) is 9.94. The Labute approximate surface area is 127 Å². The van der Waals surface area contributed by atoms with E-state index >= 15 is 0 Å². The molecule has 9 heteroatoms. The summed E-state index contributed by atoms with van der Waals surface area (Å²) in [6, 6.07) is 3.73. The molecule has 1 heterocycles. The van der Waals surface area contributed by atoms with Gasteiger partial charge in [-0.05, 0) is 30.7 Å². The van der Waals surface area contributed by atoms with Gasteiger partial charge in [0, 0.05) is 24.9 Å². The highest BCUT2D eigenvalue weighted by molar-refractivity contribution is 8.00. The lowest BCUT2D eigenvalue weighted by atomic mass is 10.2. The van der Waals surface area contributed by atoms with Crippen molar-refractivity contribution in [2.75, 3.05) is 24.7 Å². The second-order valence-electron chi connectivity index (χ2n) is 4.67. The van der Waals surface area contributed by atoms with E-state index in [1.165, 1.54) is 25.2 Å². The maximum absolute atomic E-state index is 12.2. The van der Waals surface area contributed by atoms with E-state index in [2.05, 4.69) is 10.0 Å². The smallest absolute Gasteiger partial charge is 0.292 e. The predicted molar refractivity (Wildman–Crippen MR) is 83.3 cm³/mol. The van der Waals surface area contributed by atoms with Crippen LogP contribution in [0.1, 0.15) is 12.8 Å². The number of nitrogens with one attached hydrogen (secondary N) is 2. The number of sulfonamides is 1. The van der Waals surface area contributed by atoms with Crippen LogP contribution in [0.15, 0.2) is 23.1 Å². The SMILES string of the molecule is CNc1cc(S(=O)(=O)NCC2CCCS2)ccc1[N+](=O)[O-]. The lowest BCUT2D eigenvalue weighted by molar-refractivity contribution is -0.384. The molecular formula is C12H17N3O4S2. The maximum atomic E-state index is 12.2. The molecule has 116 valence electrons.